The molecule has 1 saturated heterocycles. The Morgan fingerprint density at radius 1 is 0.402 bits per heavy atom. The number of halogens is 9. The van der Waals surface area contributed by atoms with Crippen LogP contribution in [-0.2, 0) is 4.74 Å². The summed E-state index contributed by atoms with van der Waals surface area (Å²) in [6.45, 7) is 21.3. The highest BCUT2D eigenvalue weighted by Gasteiger charge is 2.40. The Kier molecular flexibility index (Phi) is 29.2. The third-order valence-electron chi connectivity index (χ3n) is 22.2. The molecule has 0 unspecified atom stereocenters. The molecule has 7 N–H and O–H groups in total. The van der Waals surface area contributed by atoms with Crippen LogP contribution >= 0.6 is 34.0 Å². The van der Waals surface area contributed by atoms with E-state index in [1.165, 1.54) is 46.9 Å². The van der Waals surface area contributed by atoms with Gasteiger partial charge in [-0.3, -0.25) is 0 Å². The number of morpholine rings is 1. The SMILES string of the molecule is Cc1cc(NC2CCC(C)(F)CC2)nc(-n2nc(C)cc2C)n1.Cc1cc(NC2CCC(F)(F)CC2)nc(-c2nc(C)cs2)n1.Cc1csc(-c2nc(NC3CCC(F)(F)CC3)cc([C@@H](C)O)n2)n1.Cc1csc(-c2nc(NC3CCC(F)(F)CC3)cc([C@H](C)O)n2)n1.FC1(F)CCC(Nc2cc(N3CCOCC3)nc(-n3ccc(C4CC4)n3)n2)CC1. The summed E-state index contributed by atoms with van der Waals surface area (Å²) in [6.07, 6.45) is 8.26. The van der Waals surface area contributed by atoms with Gasteiger partial charge in [-0.2, -0.15) is 25.1 Å². The highest BCUT2D eigenvalue weighted by molar-refractivity contribution is 7.13. The number of thiazole rings is 3. The van der Waals surface area contributed by atoms with Crippen molar-refractivity contribution in [2.45, 2.75) is 288 Å². The summed E-state index contributed by atoms with van der Waals surface area (Å²) < 4.78 is 129. The summed E-state index contributed by atoms with van der Waals surface area (Å²) in [5.74, 6) is -3.04. The molecule has 6 aliphatic carbocycles. The maximum atomic E-state index is 13.9. The van der Waals surface area contributed by atoms with Gasteiger partial charge in [-0.25, -0.2) is 98.7 Å². The van der Waals surface area contributed by atoms with Crippen LogP contribution in [0.5, 0.6) is 0 Å². The van der Waals surface area contributed by atoms with Gasteiger partial charge in [0.25, 0.3) is 11.9 Å². The first kappa shape index (κ1) is 90.5. The summed E-state index contributed by atoms with van der Waals surface area (Å²) in [6, 6.07) is 13.3. The highest BCUT2D eigenvalue weighted by Crippen LogP contribution is 2.42. The van der Waals surface area contributed by atoms with Crippen LogP contribution in [0, 0.1) is 48.5 Å². The zero-order chi connectivity index (χ0) is 86.8. The molecule has 6 saturated carbocycles. The van der Waals surface area contributed by atoms with Gasteiger partial charge in [0.15, 0.2) is 32.5 Å². The Labute approximate surface area is 716 Å². The van der Waals surface area contributed by atoms with Crippen LogP contribution < -0.4 is 31.5 Å². The molecule has 10 aromatic rings. The molecule has 1 aliphatic heterocycles. The van der Waals surface area contributed by atoms with Crippen molar-refractivity contribution in [2.24, 2.45) is 0 Å². The van der Waals surface area contributed by atoms with E-state index >= 15 is 0 Å². The molecule has 122 heavy (non-hydrogen) atoms. The number of nitrogens with zero attached hydrogens (tertiary/aromatic N) is 18. The number of aliphatic hydroxyl groups is 2. The van der Waals surface area contributed by atoms with E-state index in [4.69, 9.17) is 9.72 Å². The van der Waals surface area contributed by atoms with E-state index in [1.807, 2.05) is 101 Å². The average Bonchev–Trinajstić information content (AvgIpc) is 1.60. The van der Waals surface area contributed by atoms with Crippen molar-refractivity contribution in [2.75, 3.05) is 57.8 Å². The number of rotatable bonds is 19. The minimum absolute atomic E-state index is 0.00504. The molecule has 0 radical (unpaired) electrons. The Morgan fingerprint density at radius 2 is 0.770 bits per heavy atom. The summed E-state index contributed by atoms with van der Waals surface area (Å²) in [7, 11) is 0. The van der Waals surface area contributed by atoms with Crippen molar-refractivity contribution >= 4 is 68.9 Å². The predicted octanol–water partition coefficient (Wildman–Crippen LogP) is 19.1. The maximum Gasteiger partial charge on any atom is 0.254 e. The van der Waals surface area contributed by atoms with Crippen LogP contribution in [-0.4, -0.2) is 180 Å². The number of nitrogens with one attached hydrogen (secondary N) is 5. The van der Waals surface area contributed by atoms with Gasteiger partial charge in [-0.15, -0.1) is 34.0 Å². The van der Waals surface area contributed by atoms with Gasteiger partial charge in [0.2, 0.25) is 23.7 Å². The fraction of sp³-hybridized carbons (Fsp3) is 0.583. The fourth-order valence-corrected chi connectivity index (χ4v) is 17.3. The third-order valence-corrected chi connectivity index (χ3v) is 25.0. The summed E-state index contributed by atoms with van der Waals surface area (Å²) >= 11 is 4.37. The van der Waals surface area contributed by atoms with Gasteiger partial charge in [0.1, 0.15) is 40.6 Å². The van der Waals surface area contributed by atoms with E-state index in [2.05, 4.69) is 101 Å². The number of aromatic nitrogens is 17. The molecule has 0 bridgehead atoms. The summed E-state index contributed by atoms with van der Waals surface area (Å²) in [5, 5.41) is 53.2. The smallest absolute Gasteiger partial charge is 0.254 e. The van der Waals surface area contributed by atoms with E-state index in [-0.39, 0.29) is 81.6 Å². The zero-order valence-electron chi connectivity index (χ0n) is 70.3. The number of hydrogen-bond donors (Lipinski definition) is 7. The predicted molar refractivity (Wildman–Crippen MR) is 456 cm³/mol. The number of hydrogen-bond acceptors (Lipinski definition) is 27. The summed E-state index contributed by atoms with van der Waals surface area (Å²) in [5.41, 5.74) is 7.39. The molecule has 658 valence electrons. The Bertz CT molecular complexity index is 4960. The minimum atomic E-state index is -2.56. The van der Waals surface area contributed by atoms with Crippen molar-refractivity contribution in [3.63, 3.8) is 0 Å². The van der Waals surface area contributed by atoms with Crippen molar-refractivity contribution in [1.82, 2.24) is 84.4 Å². The summed E-state index contributed by atoms with van der Waals surface area (Å²) in [4.78, 5) is 60.3. The molecule has 0 aromatic carbocycles. The first-order valence-electron chi connectivity index (χ1n) is 41.9. The van der Waals surface area contributed by atoms with Gasteiger partial charge in [0.05, 0.1) is 48.2 Å². The minimum Gasteiger partial charge on any atom is -0.387 e. The van der Waals surface area contributed by atoms with Crippen LogP contribution in [0.1, 0.15) is 237 Å². The lowest BCUT2D eigenvalue weighted by Crippen LogP contribution is -2.37. The normalized spacial score (nSPS) is 20.9. The lowest BCUT2D eigenvalue weighted by molar-refractivity contribution is -0.0366. The van der Waals surface area contributed by atoms with Crippen LogP contribution in [0.25, 0.3) is 44.4 Å². The molecular formula is C84H108F9N23O3S3. The van der Waals surface area contributed by atoms with Gasteiger partial charge >= 0.3 is 0 Å². The Balaban J connectivity index is 0.000000132. The molecule has 10 aromatic heterocycles. The number of aliphatic hydroxyl groups excluding tert-OH is 2. The molecule has 0 amide bonds. The van der Waals surface area contributed by atoms with Gasteiger partial charge in [-0.05, 0) is 171 Å². The second-order valence-corrected chi connectivity index (χ2v) is 36.0. The van der Waals surface area contributed by atoms with Crippen molar-refractivity contribution in [1.29, 1.82) is 0 Å². The van der Waals surface area contributed by atoms with Gasteiger partial charge in [0, 0.05) is 187 Å². The number of ether oxygens (including phenoxy) is 1. The second kappa shape index (κ2) is 39.3. The van der Waals surface area contributed by atoms with E-state index in [0.29, 0.717) is 157 Å². The molecule has 0 spiro atoms. The van der Waals surface area contributed by atoms with Crippen LogP contribution in [0.2, 0.25) is 0 Å². The molecular weight excluding hydrogens is 1650 g/mol. The van der Waals surface area contributed by atoms with Gasteiger partial charge in [-0.1, -0.05) is 0 Å². The standard InChI is InChI=1S/C20H26F2N6O.C17H24FN5.2C16H20F2N4OS.C15H18F2N4S/c21-20(22)6-3-15(4-7-20)23-17-13-18(27-9-11-29-12-10-27)25-19(24-17)28-8-5-16(26-28)14-1-2-14;1-11-10-15(20-14-5-7-17(4,18)8-6-14)21-16(19-11)23-13(3)9-12(2)22-23;2*1-9-8-24-15(19-9)14-21-12(10(2)23)7-13(22-14)20-11-3-5-16(17,18)6-4-11;1-9-7-12(20-11-3-5-15(16,17)6-4-11)21-13(18-9)14-19-10(2)8-22-14/h5,8,13-15H,1-4,6-7,9-12H2,(H,23,24,25);9-10,14H,5-8H2,1-4H3,(H,19,20,21);2*7-8,10-11,23H,3-6H2,1-2H3,(H,20,21,22);7-8,11H,3-6H2,1-2H3,(H,18,20,21)/t;;2*10-;/m..10./s1. The van der Waals surface area contributed by atoms with Crippen LogP contribution in [0.15, 0.2) is 64.8 Å². The zero-order valence-corrected chi connectivity index (χ0v) is 72.8. The molecule has 7 fully saturated rings. The highest BCUT2D eigenvalue weighted by atomic mass is 32.1. The number of anilines is 6. The number of aryl methyl sites for hydroxylation is 7. The van der Waals surface area contributed by atoms with Gasteiger partial charge < -0.3 is 46.4 Å². The Hall–Kier alpha value is -9.24. The first-order chi connectivity index (χ1) is 57.9. The average molecular weight is 1760 g/mol. The number of alkyl halides is 9. The van der Waals surface area contributed by atoms with Crippen LogP contribution in [0.3, 0.4) is 0 Å². The van der Waals surface area contributed by atoms with Crippen LogP contribution in [0.4, 0.5) is 74.4 Å². The van der Waals surface area contributed by atoms with E-state index in [1.54, 1.807) is 42.3 Å². The maximum absolute atomic E-state index is 13.9. The monoisotopic (exact) mass is 1750 g/mol. The Morgan fingerprint density at radius 3 is 1.15 bits per heavy atom. The van der Waals surface area contributed by atoms with Crippen molar-refractivity contribution < 1.29 is 54.5 Å². The topological polar surface area (TPSA) is 316 Å². The fourth-order valence-electron chi connectivity index (χ4n) is 15.1. The molecule has 2 atom stereocenters. The largest absolute Gasteiger partial charge is 0.387 e. The van der Waals surface area contributed by atoms with E-state index in [9.17, 15) is 49.7 Å². The molecule has 26 nitrogen and oxygen atoms in total. The lowest BCUT2D eigenvalue weighted by atomic mass is 9.85. The molecule has 7 aliphatic rings. The second-order valence-electron chi connectivity index (χ2n) is 33.4. The lowest BCUT2D eigenvalue weighted by Gasteiger charge is -2.31. The first-order valence-corrected chi connectivity index (χ1v) is 44.5. The van der Waals surface area contributed by atoms with Crippen molar-refractivity contribution in [3.05, 3.63) is 122 Å². The third kappa shape index (κ3) is 26.2. The quantitative estimate of drug-likeness (QED) is 0.0370. The molecule has 38 heteroatoms. The van der Waals surface area contributed by atoms with Crippen molar-refractivity contribution in [3.8, 4) is 44.4 Å². The van der Waals surface area contributed by atoms with E-state index < -0.39 is 41.6 Å². The molecule has 17 rings (SSSR count). The molecule has 11 heterocycles. The van der Waals surface area contributed by atoms with E-state index in [0.717, 1.165) is 88.1 Å².